The molecule has 0 unspecified atom stereocenters. The molecule has 0 aromatic heterocycles. The van der Waals surface area contributed by atoms with Crippen molar-refractivity contribution in [3.63, 3.8) is 0 Å². The monoisotopic (exact) mass is 221 g/mol. The molecule has 88 valence electrons. The van der Waals surface area contributed by atoms with Gasteiger partial charge in [0.05, 0.1) is 12.6 Å². The van der Waals surface area contributed by atoms with Gasteiger partial charge in [0.15, 0.2) is 5.78 Å². The summed E-state index contributed by atoms with van der Waals surface area (Å²) in [7, 11) is 0. The molecule has 0 spiro atoms. The number of carbonyl (C=O) groups is 1. The van der Waals surface area contributed by atoms with Crippen LogP contribution >= 0.6 is 0 Å². The van der Waals surface area contributed by atoms with E-state index < -0.39 is 42.5 Å². The predicted molar refractivity (Wildman–Crippen MR) is 47.6 cm³/mol. The molecule has 0 radical (unpaired) electrons. The lowest BCUT2D eigenvalue weighted by Crippen LogP contribution is -2.70. The number of Topliss-reactive ketones (excluding diaryl/α,β-unsaturated/α-hetero) is 1. The van der Waals surface area contributed by atoms with Crippen LogP contribution in [0.2, 0.25) is 0 Å². The van der Waals surface area contributed by atoms with Gasteiger partial charge in [0, 0.05) is 6.92 Å². The third kappa shape index (κ3) is 1.89. The summed E-state index contributed by atoms with van der Waals surface area (Å²) in [6.07, 6.45) is -4.22. The maximum atomic E-state index is 11.1. The molecule has 1 rings (SSSR count). The Morgan fingerprint density at radius 1 is 1.47 bits per heavy atom. The first kappa shape index (κ1) is 12.5. The van der Waals surface area contributed by atoms with Gasteiger partial charge in [0.25, 0.3) is 0 Å². The molecule has 1 fully saturated rings. The molecule has 0 amide bonds. The topological polar surface area (TPSA) is 133 Å². The third-order valence-corrected chi connectivity index (χ3v) is 2.57. The van der Waals surface area contributed by atoms with Crippen molar-refractivity contribution < 1.29 is 30.0 Å². The van der Waals surface area contributed by atoms with Crippen molar-refractivity contribution in [1.82, 2.24) is 0 Å². The molecule has 1 saturated heterocycles. The predicted octanol–water partition coefficient (Wildman–Crippen LogP) is -3.30. The quantitative estimate of drug-likeness (QED) is 0.330. The minimum absolute atomic E-state index is 0.638. The molecule has 5 atom stereocenters. The van der Waals surface area contributed by atoms with Crippen LogP contribution in [0.1, 0.15) is 6.92 Å². The van der Waals surface area contributed by atoms with E-state index in [1.54, 1.807) is 0 Å². The van der Waals surface area contributed by atoms with Crippen LogP contribution in [0.25, 0.3) is 0 Å². The minimum atomic E-state index is -2.37. The van der Waals surface area contributed by atoms with Gasteiger partial charge in [0.2, 0.25) is 5.79 Å². The average molecular weight is 221 g/mol. The Labute approximate surface area is 86.1 Å². The Morgan fingerprint density at radius 3 is 2.40 bits per heavy atom. The van der Waals surface area contributed by atoms with Crippen molar-refractivity contribution in [3.8, 4) is 0 Å². The Kier molecular flexibility index (Phi) is 3.44. The summed E-state index contributed by atoms with van der Waals surface area (Å²) >= 11 is 0. The normalized spacial score (nSPS) is 46.5. The first-order valence-electron chi connectivity index (χ1n) is 4.48. The van der Waals surface area contributed by atoms with Crippen LogP contribution < -0.4 is 5.73 Å². The van der Waals surface area contributed by atoms with E-state index in [-0.39, 0.29) is 0 Å². The third-order valence-electron chi connectivity index (χ3n) is 2.57. The SMILES string of the molecule is CC(=O)[C@@]1(O)O[C@H](CO)[C@@H](O)[C@H](O)[C@H]1N. The Bertz CT molecular complexity index is 258. The summed E-state index contributed by atoms with van der Waals surface area (Å²) in [6.45, 7) is 0.402. The maximum Gasteiger partial charge on any atom is 0.244 e. The second-order valence-electron chi connectivity index (χ2n) is 3.60. The van der Waals surface area contributed by atoms with Gasteiger partial charge in [-0.05, 0) is 0 Å². The minimum Gasteiger partial charge on any atom is -0.394 e. The lowest BCUT2D eigenvalue weighted by atomic mass is 9.89. The molecular formula is C8H15NO6. The van der Waals surface area contributed by atoms with Crippen LogP contribution in [0.3, 0.4) is 0 Å². The Balaban J connectivity index is 2.97. The number of ketones is 1. The molecule has 0 aliphatic carbocycles. The fourth-order valence-corrected chi connectivity index (χ4v) is 1.51. The zero-order valence-electron chi connectivity index (χ0n) is 8.20. The van der Waals surface area contributed by atoms with Crippen molar-refractivity contribution in [2.45, 2.75) is 37.1 Å². The number of hydrogen-bond donors (Lipinski definition) is 5. The summed E-state index contributed by atoms with van der Waals surface area (Å²) in [5, 5.41) is 37.4. The number of aliphatic hydroxyl groups is 4. The highest BCUT2D eigenvalue weighted by Gasteiger charge is 2.54. The van der Waals surface area contributed by atoms with Crippen LogP contribution in [0.4, 0.5) is 0 Å². The molecule has 7 nitrogen and oxygen atoms in total. The number of carbonyl (C=O) groups excluding carboxylic acids is 1. The Hall–Kier alpha value is -0.570. The van der Waals surface area contributed by atoms with Crippen LogP contribution in [0.15, 0.2) is 0 Å². The van der Waals surface area contributed by atoms with Crippen LogP contribution in [0.5, 0.6) is 0 Å². The van der Waals surface area contributed by atoms with E-state index in [0.717, 1.165) is 6.92 Å². The van der Waals surface area contributed by atoms with E-state index >= 15 is 0 Å². The number of hydrogen-bond acceptors (Lipinski definition) is 7. The molecular weight excluding hydrogens is 206 g/mol. The number of ether oxygens (including phenoxy) is 1. The van der Waals surface area contributed by atoms with Gasteiger partial charge in [-0.3, -0.25) is 4.79 Å². The van der Waals surface area contributed by atoms with E-state index in [0.29, 0.717) is 0 Å². The smallest absolute Gasteiger partial charge is 0.244 e. The molecule has 7 heteroatoms. The molecule has 1 heterocycles. The molecule has 0 aromatic rings. The zero-order chi connectivity index (χ0) is 11.8. The fraction of sp³-hybridized carbons (Fsp3) is 0.875. The maximum absolute atomic E-state index is 11.1. The van der Waals surface area contributed by atoms with Gasteiger partial charge in [0.1, 0.15) is 18.3 Å². The fourth-order valence-electron chi connectivity index (χ4n) is 1.51. The first-order chi connectivity index (χ1) is 6.84. The number of rotatable bonds is 2. The Morgan fingerprint density at radius 2 is 2.00 bits per heavy atom. The molecule has 6 N–H and O–H groups in total. The summed E-state index contributed by atoms with van der Waals surface area (Å²) in [4.78, 5) is 11.1. The van der Waals surface area contributed by atoms with Crippen molar-refractivity contribution in [2.75, 3.05) is 6.61 Å². The van der Waals surface area contributed by atoms with Crippen LogP contribution in [0, 0.1) is 0 Å². The molecule has 1 aliphatic rings. The largest absolute Gasteiger partial charge is 0.394 e. The molecule has 1 aliphatic heterocycles. The summed E-state index contributed by atoms with van der Waals surface area (Å²) in [5.74, 6) is -3.16. The van der Waals surface area contributed by atoms with Crippen molar-refractivity contribution in [1.29, 1.82) is 0 Å². The number of aliphatic hydroxyl groups excluding tert-OH is 3. The number of nitrogens with two attached hydrogens (primary N) is 1. The van der Waals surface area contributed by atoms with E-state index in [1.165, 1.54) is 0 Å². The van der Waals surface area contributed by atoms with E-state index in [4.69, 9.17) is 15.6 Å². The second kappa shape index (κ2) is 4.12. The zero-order valence-corrected chi connectivity index (χ0v) is 8.20. The van der Waals surface area contributed by atoms with Gasteiger partial charge in [-0.15, -0.1) is 0 Å². The van der Waals surface area contributed by atoms with Gasteiger partial charge in [-0.25, -0.2) is 0 Å². The summed E-state index contributed by atoms with van der Waals surface area (Å²) in [5.41, 5.74) is 5.38. The highest BCUT2D eigenvalue weighted by atomic mass is 16.7. The lowest BCUT2D eigenvalue weighted by molar-refractivity contribution is -0.296. The van der Waals surface area contributed by atoms with Crippen molar-refractivity contribution in [2.24, 2.45) is 5.73 Å². The van der Waals surface area contributed by atoms with Gasteiger partial charge >= 0.3 is 0 Å². The van der Waals surface area contributed by atoms with E-state index in [1.807, 2.05) is 0 Å². The summed E-state index contributed by atoms with van der Waals surface area (Å²) in [6, 6.07) is -1.45. The van der Waals surface area contributed by atoms with Crippen molar-refractivity contribution in [3.05, 3.63) is 0 Å². The van der Waals surface area contributed by atoms with Gasteiger partial charge in [-0.2, -0.15) is 0 Å². The average Bonchev–Trinajstić information content (AvgIpc) is 2.20. The van der Waals surface area contributed by atoms with Gasteiger partial charge < -0.3 is 30.9 Å². The van der Waals surface area contributed by atoms with Crippen molar-refractivity contribution >= 4 is 5.78 Å². The summed E-state index contributed by atoms with van der Waals surface area (Å²) < 4.78 is 4.80. The molecule has 0 saturated carbocycles. The first-order valence-corrected chi connectivity index (χ1v) is 4.48. The molecule has 0 bridgehead atoms. The van der Waals surface area contributed by atoms with E-state index in [9.17, 15) is 20.1 Å². The van der Waals surface area contributed by atoms with Crippen LogP contribution in [-0.2, 0) is 9.53 Å². The second-order valence-corrected chi connectivity index (χ2v) is 3.60. The van der Waals surface area contributed by atoms with E-state index in [2.05, 4.69) is 0 Å². The molecule has 0 aromatic carbocycles. The lowest BCUT2D eigenvalue weighted by Gasteiger charge is -2.44. The highest BCUT2D eigenvalue weighted by Crippen LogP contribution is 2.27. The van der Waals surface area contributed by atoms with Gasteiger partial charge in [-0.1, -0.05) is 0 Å². The standard InChI is InChI=1S/C8H15NO6/c1-3(11)8(14)7(9)6(13)5(12)4(2-10)15-8/h4-7,10,12-14H,2,9H2,1H3/t4-,5-,6+,7-,8-/m1/s1. The van der Waals surface area contributed by atoms with Crippen LogP contribution in [-0.4, -0.2) is 63.0 Å². The molecule has 15 heavy (non-hydrogen) atoms. The highest BCUT2D eigenvalue weighted by molar-refractivity contribution is 5.84.